The summed E-state index contributed by atoms with van der Waals surface area (Å²) in [5.74, 6) is -2.29. The van der Waals surface area contributed by atoms with Gasteiger partial charge in [-0.3, -0.25) is 19.2 Å². The van der Waals surface area contributed by atoms with E-state index in [0.717, 1.165) is 19.3 Å². The smallest absolute Gasteiger partial charge is 0.333 e. The summed E-state index contributed by atoms with van der Waals surface area (Å²) < 4.78 is 16.7. The molecule has 32 heavy (non-hydrogen) atoms. The number of nitrogens with zero attached hydrogens (tertiary/aromatic N) is 1. The molecule has 0 saturated carbocycles. The monoisotopic (exact) mass is 455 g/mol. The van der Waals surface area contributed by atoms with Crippen LogP contribution in [0.5, 0.6) is 0 Å². The largest absolute Gasteiger partial charge is 0.463 e. The molecule has 10 heteroatoms. The standard InChI is InChI=1S/C22H33NO9/c1-13-14(2)22(30-16(4)25)18(12-29-15(3)24)31-17(13)8-6-5-7-9-21(28)32-23-19(26)10-11-20(23)27/h13-14,17-18,22H,5-12H2,1-4H3/t13?,14-,17-,18?,22-/m1/s1. The molecule has 0 aromatic rings. The lowest BCUT2D eigenvalue weighted by molar-refractivity contribution is -0.206. The molecule has 2 fully saturated rings. The zero-order chi connectivity index (χ0) is 23.8. The van der Waals surface area contributed by atoms with Crippen LogP contribution in [0.1, 0.15) is 72.6 Å². The number of rotatable bonds is 10. The molecule has 10 nitrogen and oxygen atoms in total. The van der Waals surface area contributed by atoms with Crippen molar-refractivity contribution in [1.82, 2.24) is 5.06 Å². The first-order valence-corrected chi connectivity index (χ1v) is 11.1. The summed E-state index contributed by atoms with van der Waals surface area (Å²) in [6.45, 7) is 6.70. The Bertz CT molecular complexity index is 706. The van der Waals surface area contributed by atoms with E-state index in [-0.39, 0.29) is 43.8 Å². The van der Waals surface area contributed by atoms with Gasteiger partial charge in [-0.05, 0) is 18.8 Å². The highest BCUT2D eigenvalue weighted by atomic mass is 16.7. The topological polar surface area (TPSA) is 126 Å². The fourth-order valence-electron chi connectivity index (χ4n) is 4.04. The van der Waals surface area contributed by atoms with Gasteiger partial charge in [-0.25, -0.2) is 4.79 Å². The van der Waals surface area contributed by atoms with Crippen LogP contribution in [0.25, 0.3) is 0 Å². The minimum atomic E-state index is -0.602. The molecule has 0 bridgehead atoms. The molecule has 2 unspecified atom stereocenters. The molecule has 2 aliphatic heterocycles. The third kappa shape index (κ3) is 7.29. The van der Waals surface area contributed by atoms with Crippen molar-refractivity contribution in [3.63, 3.8) is 0 Å². The molecule has 2 saturated heterocycles. The van der Waals surface area contributed by atoms with Crippen LogP contribution in [0.3, 0.4) is 0 Å². The van der Waals surface area contributed by atoms with Gasteiger partial charge in [-0.15, -0.1) is 5.06 Å². The number of amides is 2. The molecule has 0 aromatic heterocycles. The maximum atomic E-state index is 11.9. The molecule has 2 rings (SSSR count). The fraction of sp³-hybridized carbons (Fsp3) is 0.773. The van der Waals surface area contributed by atoms with Crippen molar-refractivity contribution in [2.75, 3.05) is 6.61 Å². The van der Waals surface area contributed by atoms with Crippen LogP contribution < -0.4 is 0 Å². The third-order valence-electron chi connectivity index (χ3n) is 5.97. The van der Waals surface area contributed by atoms with Crippen molar-refractivity contribution in [2.45, 2.75) is 91.0 Å². The van der Waals surface area contributed by atoms with E-state index in [0.29, 0.717) is 11.5 Å². The van der Waals surface area contributed by atoms with E-state index in [1.807, 2.05) is 13.8 Å². The average Bonchev–Trinajstić information content (AvgIpc) is 3.03. The Morgan fingerprint density at radius 2 is 1.59 bits per heavy atom. The number of hydroxylamine groups is 2. The van der Waals surface area contributed by atoms with Crippen LogP contribution in [-0.2, 0) is 43.0 Å². The first-order valence-electron chi connectivity index (χ1n) is 11.1. The van der Waals surface area contributed by atoms with Crippen molar-refractivity contribution < 1.29 is 43.0 Å². The van der Waals surface area contributed by atoms with Crippen molar-refractivity contribution in [3.8, 4) is 0 Å². The van der Waals surface area contributed by atoms with E-state index < -0.39 is 41.9 Å². The minimum absolute atomic E-state index is 0.0145. The lowest BCUT2D eigenvalue weighted by atomic mass is 9.79. The van der Waals surface area contributed by atoms with Crippen LogP contribution in [-0.4, -0.2) is 59.7 Å². The quantitative estimate of drug-likeness (QED) is 0.276. The van der Waals surface area contributed by atoms with Crippen molar-refractivity contribution in [2.24, 2.45) is 11.8 Å². The van der Waals surface area contributed by atoms with Crippen molar-refractivity contribution in [1.29, 1.82) is 0 Å². The number of esters is 2. The first-order chi connectivity index (χ1) is 15.1. The molecule has 0 radical (unpaired) electrons. The maximum absolute atomic E-state index is 11.9. The van der Waals surface area contributed by atoms with E-state index in [2.05, 4.69) is 0 Å². The number of ether oxygens (including phenoxy) is 3. The average molecular weight is 456 g/mol. The predicted octanol–water partition coefficient (Wildman–Crippen LogP) is 2.08. The molecule has 0 aliphatic carbocycles. The van der Waals surface area contributed by atoms with Gasteiger partial charge in [0.1, 0.15) is 18.8 Å². The van der Waals surface area contributed by atoms with Gasteiger partial charge in [-0.1, -0.05) is 26.7 Å². The van der Waals surface area contributed by atoms with Gasteiger partial charge < -0.3 is 19.0 Å². The van der Waals surface area contributed by atoms with Gasteiger partial charge in [0.2, 0.25) is 0 Å². The Labute approximate surface area is 187 Å². The van der Waals surface area contributed by atoms with E-state index in [4.69, 9.17) is 19.0 Å². The third-order valence-corrected chi connectivity index (χ3v) is 5.97. The van der Waals surface area contributed by atoms with Crippen LogP contribution >= 0.6 is 0 Å². The van der Waals surface area contributed by atoms with Crippen LogP contribution in [0.2, 0.25) is 0 Å². The molecule has 0 spiro atoms. The summed E-state index contributed by atoms with van der Waals surface area (Å²) in [7, 11) is 0. The Balaban J connectivity index is 1.78. The minimum Gasteiger partial charge on any atom is -0.463 e. The lowest BCUT2D eigenvalue weighted by Crippen LogP contribution is -2.52. The molecule has 0 N–H and O–H groups in total. The normalized spacial score (nSPS) is 27.9. The Hall–Kier alpha value is -2.49. The Morgan fingerprint density at radius 1 is 0.938 bits per heavy atom. The molecular weight excluding hydrogens is 422 g/mol. The van der Waals surface area contributed by atoms with Gasteiger partial charge in [0, 0.05) is 39.0 Å². The Morgan fingerprint density at radius 3 is 2.19 bits per heavy atom. The summed E-state index contributed by atoms with van der Waals surface area (Å²) >= 11 is 0. The highest BCUT2D eigenvalue weighted by Crippen LogP contribution is 2.35. The summed E-state index contributed by atoms with van der Waals surface area (Å²) in [5.41, 5.74) is 0. The van der Waals surface area contributed by atoms with Crippen LogP contribution in [0.15, 0.2) is 0 Å². The SMILES string of the molecule is CC(=O)OCC1O[C@H](CCCCCC(=O)ON2C(=O)CCC2=O)C(C)[C@@H](C)[C@H]1OC(C)=O. The number of hydrogen-bond acceptors (Lipinski definition) is 9. The summed E-state index contributed by atoms with van der Waals surface area (Å²) in [6.07, 6.45) is 1.91. The van der Waals surface area contributed by atoms with Crippen LogP contribution in [0.4, 0.5) is 0 Å². The molecule has 2 amide bonds. The number of carbonyl (C=O) groups is 5. The van der Waals surface area contributed by atoms with Crippen LogP contribution in [0, 0.1) is 11.8 Å². The highest BCUT2D eigenvalue weighted by Gasteiger charge is 2.43. The Kier molecular flexibility index (Phi) is 9.61. The van der Waals surface area contributed by atoms with Gasteiger partial charge in [0.25, 0.3) is 11.8 Å². The molecule has 0 aromatic carbocycles. The molecule has 2 aliphatic rings. The number of imide groups is 1. The molecule has 2 heterocycles. The van der Waals surface area contributed by atoms with E-state index >= 15 is 0 Å². The number of hydrogen-bond donors (Lipinski definition) is 0. The second kappa shape index (κ2) is 11.9. The summed E-state index contributed by atoms with van der Waals surface area (Å²) in [4.78, 5) is 62.4. The van der Waals surface area contributed by atoms with E-state index in [1.165, 1.54) is 13.8 Å². The number of carbonyl (C=O) groups excluding carboxylic acids is 5. The second-order valence-corrected chi connectivity index (χ2v) is 8.45. The lowest BCUT2D eigenvalue weighted by Gasteiger charge is -2.44. The zero-order valence-electron chi connectivity index (χ0n) is 19.2. The predicted molar refractivity (Wildman–Crippen MR) is 109 cm³/mol. The zero-order valence-corrected chi connectivity index (χ0v) is 19.2. The van der Waals surface area contributed by atoms with Gasteiger partial charge in [0.05, 0.1) is 6.10 Å². The van der Waals surface area contributed by atoms with Crippen molar-refractivity contribution in [3.05, 3.63) is 0 Å². The second-order valence-electron chi connectivity index (χ2n) is 8.45. The molecule has 5 atom stereocenters. The molecular formula is C22H33NO9. The highest BCUT2D eigenvalue weighted by molar-refractivity contribution is 6.01. The summed E-state index contributed by atoms with van der Waals surface area (Å²) in [5, 5.41) is 0.560. The van der Waals surface area contributed by atoms with E-state index in [1.54, 1.807) is 0 Å². The van der Waals surface area contributed by atoms with Gasteiger partial charge in [-0.2, -0.15) is 0 Å². The van der Waals surface area contributed by atoms with Crippen molar-refractivity contribution >= 4 is 29.7 Å². The van der Waals surface area contributed by atoms with Gasteiger partial charge >= 0.3 is 17.9 Å². The summed E-state index contributed by atoms with van der Waals surface area (Å²) in [6, 6.07) is 0. The van der Waals surface area contributed by atoms with Gasteiger partial charge in [0.15, 0.2) is 0 Å². The van der Waals surface area contributed by atoms with E-state index in [9.17, 15) is 24.0 Å². The number of unbranched alkanes of at least 4 members (excludes halogenated alkanes) is 2. The first kappa shape index (κ1) is 25.8. The fourth-order valence-corrected chi connectivity index (χ4v) is 4.04. The maximum Gasteiger partial charge on any atom is 0.333 e. The molecule has 180 valence electrons.